The summed E-state index contributed by atoms with van der Waals surface area (Å²) in [6, 6.07) is 6.33. The smallest absolute Gasteiger partial charge is 0.327 e. The quantitative estimate of drug-likeness (QED) is 0.406. The Kier molecular flexibility index (Phi) is 6.16. The van der Waals surface area contributed by atoms with Crippen molar-refractivity contribution in [2.24, 2.45) is 4.99 Å². The zero-order valence-corrected chi connectivity index (χ0v) is 15.2. The predicted molar refractivity (Wildman–Crippen MR) is 89.4 cm³/mol. The van der Waals surface area contributed by atoms with Gasteiger partial charge in [-0.15, -0.1) is 0 Å². The number of benzene rings is 1. The fraction of sp³-hybridized carbons (Fsp3) is 0.429. The van der Waals surface area contributed by atoms with Crippen LogP contribution in [0.3, 0.4) is 0 Å². The molecule has 0 radical (unpaired) electrons. The fourth-order valence-corrected chi connectivity index (χ4v) is 3.52. The molecule has 26 heavy (non-hydrogen) atoms. The van der Waals surface area contributed by atoms with Crippen molar-refractivity contribution in [1.29, 1.82) is 0 Å². The maximum Gasteiger partial charge on any atom is 0.439 e. The van der Waals surface area contributed by atoms with Crippen molar-refractivity contribution in [3.63, 3.8) is 0 Å². The van der Waals surface area contributed by atoms with Crippen LogP contribution in [-0.4, -0.2) is 46.2 Å². The third-order valence-corrected chi connectivity index (χ3v) is 5.68. The number of carbonyl (C=O) groups excluding carboxylic acids is 1. The number of amides is 1. The van der Waals surface area contributed by atoms with Gasteiger partial charge in [-0.2, -0.15) is 26.3 Å². The number of thioether (sulfide) groups is 1. The first-order valence-corrected chi connectivity index (χ1v) is 9.06. The number of halogens is 7. The number of nitrogens with one attached hydrogen (secondary N) is 2. The number of alkyl halides is 7. The number of nitrogens with zero attached hydrogens (tertiary/aromatic N) is 1. The molecule has 0 fully saturated rings. The van der Waals surface area contributed by atoms with Gasteiger partial charge in [0, 0.05) is 16.1 Å². The summed E-state index contributed by atoms with van der Waals surface area (Å²) in [4.78, 5) is 15.7. The van der Waals surface area contributed by atoms with Crippen LogP contribution in [0.1, 0.15) is 10.4 Å². The standard InChI is InChI=1S/C14H12BrF6N3OS/c15-6-9-7-22-11(26-9)24-12(13(16,17)18,14(19,20)21)23-10(25)8-4-2-1-3-5-8/h1-5,9H,6-7H2,(H,22,24)(H,23,25)/t9-/m0/s1. The van der Waals surface area contributed by atoms with E-state index in [2.05, 4.69) is 20.9 Å². The minimum Gasteiger partial charge on any atom is -0.327 e. The Labute approximate surface area is 156 Å². The van der Waals surface area contributed by atoms with Gasteiger partial charge in [-0.1, -0.05) is 45.9 Å². The van der Waals surface area contributed by atoms with Crippen molar-refractivity contribution in [3.05, 3.63) is 35.9 Å². The van der Waals surface area contributed by atoms with Crippen LogP contribution < -0.4 is 10.6 Å². The van der Waals surface area contributed by atoms with Crippen molar-refractivity contribution >= 4 is 38.8 Å². The summed E-state index contributed by atoms with van der Waals surface area (Å²) in [6.45, 7) is 0.0523. The van der Waals surface area contributed by atoms with Crippen LogP contribution >= 0.6 is 27.7 Å². The first-order chi connectivity index (χ1) is 12.0. The molecule has 4 nitrogen and oxygen atoms in total. The molecule has 1 aromatic carbocycles. The second kappa shape index (κ2) is 7.67. The zero-order valence-electron chi connectivity index (χ0n) is 12.8. The van der Waals surface area contributed by atoms with Crippen molar-refractivity contribution in [2.45, 2.75) is 23.3 Å². The third-order valence-electron chi connectivity index (χ3n) is 3.37. The van der Waals surface area contributed by atoms with Crippen LogP contribution in [0.2, 0.25) is 0 Å². The van der Waals surface area contributed by atoms with E-state index in [9.17, 15) is 31.1 Å². The Morgan fingerprint density at radius 1 is 1.15 bits per heavy atom. The molecule has 1 aromatic rings. The molecule has 0 aromatic heterocycles. The molecule has 12 heteroatoms. The lowest BCUT2D eigenvalue weighted by Crippen LogP contribution is -2.76. The van der Waals surface area contributed by atoms with E-state index in [1.807, 2.05) is 0 Å². The summed E-state index contributed by atoms with van der Waals surface area (Å²) < 4.78 is 81.1. The predicted octanol–water partition coefficient (Wildman–Crippen LogP) is 3.69. The molecule has 1 amide bonds. The van der Waals surface area contributed by atoms with E-state index < -0.39 is 29.1 Å². The molecule has 0 unspecified atom stereocenters. The van der Waals surface area contributed by atoms with Gasteiger partial charge in [0.25, 0.3) is 5.91 Å². The maximum absolute atomic E-state index is 13.5. The lowest BCUT2D eigenvalue weighted by atomic mass is 10.1. The van der Waals surface area contributed by atoms with Gasteiger partial charge >= 0.3 is 18.0 Å². The van der Waals surface area contributed by atoms with E-state index in [0.29, 0.717) is 5.33 Å². The van der Waals surface area contributed by atoms with Gasteiger partial charge in [-0.05, 0) is 12.1 Å². The minimum atomic E-state index is -5.87. The van der Waals surface area contributed by atoms with Crippen LogP contribution in [0.4, 0.5) is 26.3 Å². The van der Waals surface area contributed by atoms with Gasteiger partial charge in [-0.3, -0.25) is 9.79 Å². The first-order valence-electron chi connectivity index (χ1n) is 7.06. The summed E-state index contributed by atoms with van der Waals surface area (Å²) in [6.07, 6.45) is -11.7. The Hall–Kier alpha value is -1.43. The second-order valence-electron chi connectivity index (χ2n) is 5.23. The van der Waals surface area contributed by atoms with E-state index in [1.165, 1.54) is 23.5 Å². The molecule has 144 valence electrons. The van der Waals surface area contributed by atoms with Crippen molar-refractivity contribution in [1.82, 2.24) is 10.6 Å². The minimum absolute atomic E-state index is 0.0523. The summed E-state index contributed by atoms with van der Waals surface area (Å²) >= 11 is 3.83. The van der Waals surface area contributed by atoms with Gasteiger partial charge in [0.15, 0.2) is 5.17 Å². The zero-order chi connectivity index (χ0) is 19.6. The molecule has 1 aliphatic rings. The highest BCUT2D eigenvalue weighted by atomic mass is 79.9. The van der Waals surface area contributed by atoms with Gasteiger partial charge in [-0.25, -0.2) is 0 Å². The average Bonchev–Trinajstić information content (AvgIpc) is 3.00. The summed E-state index contributed by atoms with van der Waals surface area (Å²) in [7, 11) is 0. The maximum atomic E-state index is 13.5. The van der Waals surface area contributed by atoms with Crippen molar-refractivity contribution in [3.8, 4) is 0 Å². The molecule has 0 spiro atoms. The molecular weight excluding hydrogens is 452 g/mol. The lowest BCUT2D eigenvalue weighted by Gasteiger charge is -2.38. The first kappa shape index (κ1) is 20.9. The number of carbonyl (C=O) groups is 1. The molecule has 0 aliphatic carbocycles. The van der Waals surface area contributed by atoms with Crippen LogP contribution in [0.15, 0.2) is 35.3 Å². The van der Waals surface area contributed by atoms with E-state index in [0.717, 1.165) is 29.2 Å². The molecule has 0 saturated heterocycles. The summed E-state index contributed by atoms with van der Waals surface area (Å²) in [5.74, 6) is -1.52. The highest BCUT2D eigenvalue weighted by Crippen LogP contribution is 2.42. The van der Waals surface area contributed by atoms with E-state index in [4.69, 9.17) is 0 Å². The largest absolute Gasteiger partial charge is 0.439 e. The molecular formula is C14H12BrF6N3OS. The molecule has 2 rings (SSSR count). The van der Waals surface area contributed by atoms with Gasteiger partial charge < -0.3 is 10.6 Å². The molecule has 2 N–H and O–H groups in total. The lowest BCUT2D eigenvalue weighted by molar-refractivity contribution is -0.309. The Morgan fingerprint density at radius 2 is 1.73 bits per heavy atom. The number of aliphatic imine (C=N–C) groups is 1. The second-order valence-corrected chi connectivity index (χ2v) is 7.17. The number of rotatable bonds is 4. The average molecular weight is 464 g/mol. The normalized spacial score (nSPS) is 18.4. The third kappa shape index (κ3) is 4.27. The van der Waals surface area contributed by atoms with Crippen LogP contribution in [0.5, 0.6) is 0 Å². The fourth-order valence-electron chi connectivity index (χ4n) is 2.03. The number of amidine groups is 1. The van der Waals surface area contributed by atoms with Crippen molar-refractivity contribution in [2.75, 3.05) is 11.9 Å². The van der Waals surface area contributed by atoms with E-state index >= 15 is 0 Å². The Balaban J connectivity index is 2.39. The summed E-state index contributed by atoms with van der Waals surface area (Å²) in [5, 5.41) is 1.96. The number of hydrogen-bond acceptors (Lipinski definition) is 4. The Morgan fingerprint density at radius 3 is 2.19 bits per heavy atom. The van der Waals surface area contributed by atoms with Gasteiger partial charge in [0.1, 0.15) is 0 Å². The SMILES string of the molecule is O=C(NC(NC1=NC[C@H](CBr)S1)(C(F)(F)F)C(F)(F)F)c1ccccc1. The molecule has 1 heterocycles. The van der Waals surface area contributed by atoms with Gasteiger partial charge in [0.05, 0.1) is 6.54 Å². The van der Waals surface area contributed by atoms with Crippen LogP contribution in [-0.2, 0) is 0 Å². The van der Waals surface area contributed by atoms with E-state index in [1.54, 1.807) is 0 Å². The molecule has 0 bridgehead atoms. The molecule has 1 atom stereocenters. The van der Waals surface area contributed by atoms with Crippen molar-refractivity contribution < 1.29 is 31.1 Å². The number of hydrogen-bond donors (Lipinski definition) is 2. The highest BCUT2D eigenvalue weighted by Gasteiger charge is 2.73. The highest BCUT2D eigenvalue weighted by molar-refractivity contribution is 9.09. The summed E-state index contributed by atoms with van der Waals surface area (Å²) in [5.41, 5.74) is -5.01. The molecule has 1 aliphatic heterocycles. The monoisotopic (exact) mass is 463 g/mol. The molecule has 0 saturated carbocycles. The van der Waals surface area contributed by atoms with E-state index in [-0.39, 0.29) is 17.4 Å². The van der Waals surface area contributed by atoms with Crippen LogP contribution in [0.25, 0.3) is 0 Å². The topological polar surface area (TPSA) is 53.5 Å². The van der Waals surface area contributed by atoms with Crippen LogP contribution in [0, 0.1) is 0 Å². The Bertz CT molecular complexity index is 665. The van der Waals surface area contributed by atoms with Gasteiger partial charge in [0.2, 0.25) is 0 Å².